The molecule has 0 aliphatic carbocycles. The molecular weight excluding hydrogens is 556 g/mol. The molecule has 1 spiro atoms. The van der Waals surface area contributed by atoms with E-state index in [4.69, 9.17) is 14.9 Å². The van der Waals surface area contributed by atoms with Gasteiger partial charge in [0.05, 0.1) is 17.0 Å². The second-order valence-corrected chi connectivity index (χ2v) is 17.0. The van der Waals surface area contributed by atoms with Crippen LogP contribution in [0.15, 0.2) is 24.3 Å². The van der Waals surface area contributed by atoms with Crippen LogP contribution in [-0.2, 0) is 22.7 Å². The Kier molecular flexibility index (Phi) is 8.11. The van der Waals surface area contributed by atoms with Crippen molar-refractivity contribution in [3.8, 4) is 11.5 Å². The third kappa shape index (κ3) is 5.94. The molecule has 45 heavy (non-hydrogen) atoms. The molecular formula is C39H58N4O2+2. The lowest BCUT2D eigenvalue weighted by molar-refractivity contribution is -0.867. The van der Waals surface area contributed by atoms with Gasteiger partial charge >= 0.3 is 6.03 Å². The summed E-state index contributed by atoms with van der Waals surface area (Å²) in [5, 5.41) is 8.53. The van der Waals surface area contributed by atoms with E-state index in [2.05, 4.69) is 141 Å². The van der Waals surface area contributed by atoms with Crippen molar-refractivity contribution in [2.24, 2.45) is 0 Å². The zero-order valence-electron chi connectivity index (χ0n) is 30.4. The van der Waals surface area contributed by atoms with Crippen molar-refractivity contribution in [2.45, 2.75) is 137 Å². The van der Waals surface area contributed by atoms with Crippen LogP contribution in [0.3, 0.4) is 0 Å². The lowest BCUT2D eigenvalue weighted by Crippen LogP contribution is -2.61. The highest BCUT2D eigenvalue weighted by atomic mass is 16.7. The minimum absolute atomic E-state index is 0.0174. The van der Waals surface area contributed by atoms with Crippen LogP contribution in [-0.4, -0.2) is 63.5 Å². The Morgan fingerprint density at radius 1 is 0.800 bits per heavy atom. The molecule has 3 aliphatic heterocycles. The van der Waals surface area contributed by atoms with E-state index in [-0.39, 0.29) is 21.8 Å². The number of nitrogens with one attached hydrogen (secondary N) is 1. The zero-order chi connectivity index (χ0) is 33.3. The largest absolute Gasteiger partial charge is 0.704 e. The standard InChI is InChI=1S/C39H58N4O2/c1-14-41(15-2)32(40)18-16-17-26-19-27-23-42-25-38(12,13)43-24-28-21-29(35(3,4)5)22-31(37(9,10)11)34(28)45-39(42,43)44-33(27)30(20-26)36(6,7)8/h19-24,40H,14-18,25H2,1-13H3/q+2. The van der Waals surface area contributed by atoms with E-state index in [1.807, 2.05) is 0 Å². The third-order valence-electron chi connectivity index (χ3n) is 9.71. The van der Waals surface area contributed by atoms with Gasteiger partial charge in [0.2, 0.25) is 12.1 Å². The number of fused-ring (bicyclic) bond motifs is 2. The van der Waals surface area contributed by atoms with Gasteiger partial charge in [0, 0.05) is 44.5 Å². The number of benzene rings is 2. The van der Waals surface area contributed by atoms with Gasteiger partial charge in [-0.25, -0.2) is 0 Å². The van der Waals surface area contributed by atoms with Gasteiger partial charge in [-0.1, -0.05) is 83.6 Å². The number of rotatable bonds is 6. The summed E-state index contributed by atoms with van der Waals surface area (Å²) in [7, 11) is 0. The molecule has 1 N–H and O–H groups in total. The average molecular weight is 615 g/mol. The zero-order valence-corrected chi connectivity index (χ0v) is 30.4. The molecule has 5 rings (SSSR count). The van der Waals surface area contributed by atoms with Crippen LogP contribution < -0.4 is 9.47 Å². The first kappa shape index (κ1) is 33.2. The van der Waals surface area contributed by atoms with Gasteiger partial charge in [-0.15, -0.1) is 0 Å². The molecule has 1 saturated heterocycles. The summed E-state index contributed by atoms with van der Waals surface area (Å²) in [5.74, 6) is 2.55. The molecule has 0 aromatic heterocycles. The van der Waals surface area contributed by atoms with Gasteiger partial charge in [0.1, 0.15) is 0 Å². The smallest absolute Gasteiger partial charge is 0.361 e. The SMILES string of the molecule is CCN(CC)C(=N)CCCc1cc2c(c(C(C)(C)C)c1)OC13Oc4c(cc(C(C)(C)C)cc4C(C)(C)C)C=[N+]1C(C)(C)C[N+]3=C2. The Morgan fingerprint density at radius 2 is 1.36 bits per heavy atom. The molecule has 2 aromatic rings. The normalized spacial score (nSPS) is 20.1. The quantitative estimate of drug-likeness (QED) is 0.204. The summed E-state index contributed by atoms with van der Waals surface area (Å²) >= 11 is 0. The molecule has 1 fully saturated rings. The van der Waals surface area contributed by atoms with Crippen molar-refractivity contribution in [3.05, 3.63) is 57.6 Å². The van der Waals surface area contributed by atoms with E-state index in [0.717, 1.165) is 67.4 Å². The molecule has 2 aromatic carbocycles. The highest BCUT2D eigenvalue weighted by molar-refractivity contribution is 5.85. The van der Waals surface area contributed by atoms with E-state index in [1.54, 1.807) is 0 Å². The molecule has 1 atom stereocenters. The van der Waals surface area contributed by atoms with Crippen molar-refractivity contribution >= 4 is 18.3 Å². The van der Waals surface area contributed by atoms with Crippen LogP contribution >= 0.6 is 0 Å². The summed E-state index contributed by atoms with van der Waals surface area (Å²) in [6.07, 6.45) is 7.24. The molecule has 0 bridgehead atoms. The van der Waals surface area contributed by atoms with Crippen molar-refractivity contribution < 1.29 is 18.6 Å². The molecule has 0 amide bonds. The Labute approximate surface area is 272 Å². The van der Waals surface area contributed by atoms with Gasteiger partial charge < -0.3 is 14.4 Å². The topological polar surface area (TPSA) is 51.6 Å². The van der Waals surface area contributed by atoms with Crippen LogP contribution in [0.5, 0.6) is 11.5 Å². The Balaban J connectivity index is 1.61. The highest BCUT2D eigenvalue weighted by Crippen LogP contribution is 2.48. The fourth-order valence-corrected chi connectivity index (χ4v) is 7.01. The summed E-state index contributed by atoms with van der Waals surface area (Å²) in [5.41, 5.74) is 6.77. The summed E-state index contributed by atoms with van der Waals surface area (Å²) in [4.78, 5) is 2.14. The van der Waals surface area contributed by atoms with E-state index in [0.29, 0.717) is 0 Å². The maximum absolute atomic E-state index is 8.53. The van der Waals surface area contributed by atoms with Gasteiger partial charge in [0.15, 0.2) is 23.9 Å². The molecule has 1 unspecified atom stereocenters. The van der Waals surface area contributed by atoms with E-state index in [9.17, 15) is 0 Å². The van der Waals surface area contributed by atoms with Crippen molar-refractivity contribution in [1.29, 1.82) is 5.41 Å². The Bertz CT molecular complexity index is 1570. The maximum Gasteiger partial charge on any atom is 0.704 e. The van der Waals surface area contributed by atoms with Crippen LogP contribution in [0.2, 0.25) is 0 Å². The van der Waals surface area contributed by atoms with Crippen LogP contribution in [0.1, 0.15) is 136 Å². The maximum atomic E-state index is 8.53. The minimum Gasteiger partial charge on any atom is -0.361 e. The van der Waals surface area contributed by atoms with Crippen molar-refractivity contribution in [3.63, 3.8) is 0 Å². The van der Waals surface area contributed by atoms with E-state index >= 15 is 0 Å². The van der Waals surface area contributed by atoms with Crippen molar-refractivity contribution in [2.75, 3.05) is 19.6 Å². The summed E-state index contributed by atoms with van der Waals surface area (Å²) in [6.45, 7) is 31.8. The van der Waals surface area contributed by atoms with Crippen molar-refractivity contribution in [1.82, 2.24) is 4.90 Å². The highest BCUT2D eigenvalue weighted by Gasteiger charge is 2.75. The lowest BCUT2D eigenvalue weighted by Gasteiger charge is -2.34. The fourth-order valence-electron chi connectivity index (χ4n) is 7.01. The fraction of sp³-hybridized carbons (Fsp3) is 0.615. The average Bonchev–Trinajstić information content (AvgIpc) is 3.13. The second-order valence-electron chi connectivity index (χ2n) is 17.0. The van der Waals surface area contributed by atoms with E-state index < -0.39 is 6.03 Å². The third-order valence-corrected chi connectivity index (χ3v) is 9.71. The van der Waals surface area contributed by atoms with Gasteiger partial charge in [-0.05, 0) is 66.2 Å². The molecule has 244 valence electrons. The molecule has 0 saturated carbocycles. The molecule has 6 heteroatoms. The molecule has 3 aliphatic rings. The molecule has 6 nitrogen and oxygen atoms in total. The predicted octanol–water partition coefficient (Wildman–Crippen LogP) is 7.97. The first-order chi connectivity index (χ1) is 20.7. The Morgan fingerprint density at radius 3 is 1.89 bits per heavy atom. The first-order valence-electron chi connectivity index (χ1n) is 17.0. The van der Waals surface area contributed by atoms with Gasteiger partial charge in [-0.3, -0.25) is 5.41 Å². The second kappa shape index (κ2) is 11.0. The number of hydrogen-bond acceptors (Lipinski definition) is 3. The van der Waals surface area contributed by atoms with E-state index in [1.165, 1.54) is 22.3 Å². The lowest BCUT2D eigenvalue weighted by atomic mass is 9.79. The predicted molar refractivity (Wildman–Crippen MR) is 186 cm³/mol. The number of nitrogens with zero attached hydrogens (tertiary/aromatic N) is 3. The first-order valence-corrected chi connectivity index (χ1v) is 17.0. The van der Waals surface area contributed by atoms with Gasteiger partial charge in [0.25, 0.3) is 0 Å². The number of ether oxygens (including phenoxy) is 2. The minimum atomic E-state index is -1.10. The molecule has 0 radical (unpaired) electrons. The van der Waals surface area contributed by atoms with Crippen LogP contribution in [0, 0.1) is 5.41 Å². The monoisotopic (exact) mass is 614 g/mol. The molecule has 3 heterocycles. The van der Waals surface area contributed by atoms with Crippen LogP contribution in [0.25, 0.3) is 0 Å². The number of amidine groups is 1. The summed E-state index contributed by atoms with van der Waals surface area (Å²) < 4.78 is 19.1. The Hall–Kier alpha value is -3.15. The summed E-state index contributed by atoms with van der Waals surface area (Å²) in [6, 6.07) is 8.18. The van der Waals surface area contributed by atoms with Crippen LogP contribution in [0.4, 0.5) is 0 Å². The number of aryl methyl sites for hydroxylation is 1. The number of hydrogen-bond donors (Lipinski definition) is 1. The van der Waals surface area contributed by atoms with Gasteiger partial charge in [-0.2, -0.15) is 0 Å².